The molecule has 0 radical (unpaired) electrons. The van der Waals surface area contributed by atoms with Gasteiger partial charge in [0.15, 0.2) is 0 Å². The molecule has 0 aromatic carbocycles. The summed E-state index contributed by atoms with van der Waals surface area (Å²) in [4.78, 5) is 0. The van der Waals surface area contributed by atoms with Crippen molar-refractivity contribution in [1.29, 1.82) is 0 Å². The molecule has 0 aliphatic heterocycles. The van der Waals surface area contributed by atoms with Gasteiger partial charge in [-0.15, -0.1) is 5.10 Å². The standard InChI is InChI=1S/C7H10N6S/c1-4-5(3-12(2)11-4)13-6(8)9-10-7(13)14/h3H,1-2H3,(H2,8,9)(H,10,14). The van der Waals surface area contributed by atoms with E-state index in [1.165, 1.54) is 0 Å². The molecule has 0 saturated carbocycles. The topological polar surface area (TPSA) is 77.4 Å². The van der Waals surface area contributed by atoms with Gasteiger partial charge in [0.05, 0.1) is 11.4 Å². The second-order valence-corrected chi connectivity index (χ2v) is 3.38. The first kappa shape index (κ1) is 8.95. The molecule has 2 aromatic heterocycles. The fraction of sp³-hybridized carbons (Fsp3) is 0.286. The van der Waals surface area contributed by atoms with Crippen LogP contribution in [0.3, 0.4) is 0 Å². The number of nitrogen functional groups attached to an aromatic ring is 1. The lowest BCUT2D eigenvalue weighted by Crippen LogP contribution is -2.01. The van der Waals surface area contributed by atoms with Crippen molar-refractivity contribution in [2.45, 2.75) is 6.92 Å². The molecule has 0 amide bonds. The molecule has 14 heavy (non-hydrogen) atoms. The number of nitrogens with zero attached hydrogens (tertiary/aromatic N) is 4. The van der Waals surface area contributed by atoms with Gasteiger partial charge in [-0.05, 0) is 19.1 Å². The number of H-pyrrole nitrogens is 1. The first-order chi connectivity index (χ1) is 6.59. The van der Waals surface area contributed by atoms with E-state index < -0.39 is 0 Å². The van der Waals surface area contributed by atoms with Gasteiger partial charge in [-0.2, -0.15) is 5.10 Å². The number of aryl methyl sites for hydroxylation is 2. The number of aromatic amines is 1. The molecule has 2 aromatic rings. The lowest BCUT2D eigenvalue weighted by Gasteiger charge is -1.99. The Morgan fingerprint density at radius 2 is 2.29 bits per heavy atom. The minimum absolute atomic E-state index is 0.339. The van der Waals surface area contributed by atoms with Gasteiger partial charge < -0.3 is 5.73 Å². The number of anilines is 1. The van der Waals surface area contributed by atoms with Gasteiger partial charge in [-0.1, -0.05) is 0 Å². The Morgan fingerprint density at radius 1 is 1.57 bits per heavy atom. The predicted molar refractivity (Wildman–Crippen MR) is 54.7 cm³/mol. The van der Waals surface area contributed by atoms with Crippen LogP contribution >= 0.6 is 12.2 Å². The van der Waals surface area contributed by atoms with Crippen molar-refractivity contribution in [2.75, 3.05) is 5.73 Å². The molecule has 3 N–H and O–H groups in total. The van der Waals surface area contributed by atoms with Crippen LogP contribution in [-0.2, 0) is 7.05 Å². The first-order valence-electron chi connectivity index (χ1n) is 4.03. The zero-order valence-electron chi connectivity index (χ0n) is 7.85. The SMILES string of the molecule is Cc1nn(C)cc1-n1c(N)n[nH]c1=S. The van der Waals surface area contributed by atoms with Crippen LogP contribution in [0, 0.1) is 11.7 Å². The maximum absolute atomic E-state index is 5.67. The molecule has 0 spiro atoms. The van der Waals surface area contributed by atoms with Crippen molar-refractivity contribution >= 4 is 18.2 Å². The lowest BCUT2D eigenvalue weighted by atomic mass is 10.4. The smallest absolute Gasteiger partial charge is 0.225 e. The normalized spacial score (nSPS) is 10.7. The van der Waals surface area contributed by atoms with Gasteiger partial charge in [0.1, 0.15) is 0 Å². The second kappa shape index (κ2) is 2.95. The summed E-state index contributed by atoms with van der Waals surface area (Å²) in [6.07, 6.45) is 1.84. The van der Waals surface area contributed by atoms with Crippen LogP contribution in [0.2, 0.25) is 0 Å². The second-order valence-electron chi connectivity index (χ2n) is 3.00. The third kappa shape index (κ3) is 1.22. The third-order valence-electron chi connectivity index (χ3n) is 1.93. The van der Waals surface area contributed by atoms with E-state index >= 15 is 0 Å². The van der Waals surface area contributed by atoms with Crippen LogP contribution < -0.4 is 5.73 Å². The highest BCUT2D eigenvalue weighted by atomic mass is 32.1. The summed E-state index contributed by atoms with van der Waals surface area (Å²) in [6.45, 7) is 1.89. The summed E-state index contributed by atoms with van der Waals surface area (Å²) in [5.74, 6) is 0.339. The van der Waals surface area contributed by atoms with Crippen molar-refractivity contribution in [3.05, 3.63) is 16.7 Å². The summed E-state index contributed by atoms with van der Waals surface area (Å²) in [6, 6.07) is 0. The van der Waals surface area contributed by atoms with Crippen LogP contribution in [0.5, 0.6) is 0 Å². The Balaban J connectivity index is 2.71. The summed E-state index contributed by atoms with van der Waals surface area (Å²) >= 11 is 5.05. The van der Waals surface area contributed by atoms with Crippen LogP contribution in [0.15, 0.2) is 6.20 Å². The Bertz CT molecular complexity index is 519. The maximum atomic E-state index is 5.67. The van der Waals surface area contributed by atoms with E-state index in [-0.39, 0.29) is 0 Å². The number of nitrogens with two attached hydrogens (primary N) is 1. The minimum Gasteiger partial charge on any atom is -0.368 e. The van der Waals surface area contributed by atoms with E-state index in [4.69, 9.17) is 18.0 Å². The van der Waals surface area contributed by atoms with E-state index in [2.05, 4.69) is 15.3 Å². The molecule has 0 fully saturated rings. The molecule has 0 bridgehead atoms. The molecule has 7 heteroatoms. The highest BCUT2D eigenvalue weighted by Gasteiger charge is 2.10. The van der Waals surface area contributed by atoms with Gasteiger partial charge in [0.2, 0.25) is 10.7 Å². The first-order valence-corrected chi connectivity index (χ1v) is 4.44. The van der Waals surface area contributed by atoms with E-state index in [1.807, 2.05) is 20.2 Å². The van der Waals surface area contributed by atoms with E-state index in [0.717, 1.165) is 11.4 Å². The minimum atomic E-state index is 0.339. The number of aromatic nitrogens is 5. The predicted octanol–water partition coefficient (Wildman–Crippen LogP) is 0.554. The van der Waals surface area contributed by atoms with Crippen LogP contribution in [0.1, 0.15) is 5.69 Å². The van der Waals surface area contributed by atoms with Crippen molar-refractivity contribution in [1.82, 2.24) is 24.5 Å². The molecule has 6 nitrogen and oxygen atoms in total. The largest absolute Gasteiger partial charge is 0.368 e. The molecular weight excluding hydrogens is 200 g/mol. The van der Waals surface area contributed by atoms with Crippen LogP contribution in [0.25, 0.3) is 5.69 Å². The molecule has 0 aliphatic carbocycles. The average molecular weight is 210 g/mol. The van der Waals surface area contributed by atoms with Crippen molar-refractivity contribution in [3.8, 4) is 5.69 Å². The van der Waals surface area contributed by atoms with Crippen molar-refractivity contribution in [2.24, 2.45) is 7.05 Å². The molecule has 2 rings (SSSR count). The van der Waals surface area contributed by atoms with Gasteiger partial charge in [0, 0.05) is 13.2 Å². The highest BCUT2D eigenvalue weighted by Crippen LogP contribution is 2.14. The molecule has 0 saturated heterocycles. The lowest BCUT2D eigenvalue weighted by molar-refractivity contribution is 0.756. The summed E-state index contributed by atoms with van der Waals surface area (Å²) in [5, 5.41) is 10.7. The summed E-state index contributed by atoms with van der Waals surface area (Å²) < 4.78 is 3.83. The Labute approximate surface area is 85.4 Å². The summed E-state index contributed by atoms with van der Waals surface area (Å²) in [5.41, 5.74) is 7.38. The number of nitrogens with one attached hydrogen (secondary N) is 1. The third-order valence-corrected chi connectivity index (χ3v) is 2.20. The van der Waals surface area contributed by atoms with Gasteiger partial charge in [-0.3, -0.25) is 9.25 Å². The van der Waals surface area contributed by atoms with Gasteiger partial charge in [0.25, 0.3) is 0 Å². The monoisotopic (exact) mass is 210 g/mol. The zero-order valence-corrected chi connectivity index (χ0v) is 8.67. The fourth-order valence-corrected chi connectivity index (χ4v) is 1.59. The molecule has 0 aliphatic rings. The molecule has 0 unspecified atom stereocenters. The quantitative estimate of drug-likeness (QED) is 0.674. The number of hydrogen-bond acceptors (Lipinski definition) is 4. The number of hydrogen-bond donors (Lipinski definition) is 2. The van der Waals surface area contributed by atoms with Crippen LogP contribution in [0.4, 0.5) is 5.95 Å². The molecule has 74 valence electrons. The van der Waals surface area contributed by atoms with E-state index in [0.29, 0.717) is 10.7 Å². The molecular formula is C7H10N6S. The zero-order chi connectivity index (χ0) is 10.3. The highest BCUT2D eigenvalue weighted by molar-refractivity contribution is 7.71. The average Bonchev–Trinajstić information content (AvgIpc) is 2.57. The van der Waals surface area contributed by atoms with Crippen molar-refractivity contribution in [3.63, 3.8) is 0 Å². The molecule has 0 atom stereocenters. The van der Waals surface area contributed by atoms with Crippen LogP contribution in [-0.4, -0.2) is 24.5 Å². The van der Waals surface area contributed by atoms with E-state index in [1.54, 1.807) is 9.25 Å². The number of rotatable bonds is 1. The van der Waals surface area contributed by atoms with E-state index in [9.17, 15) is 0 Å². The Kier molecular flexibility index (Phi) is 1.88. The summed E-state index contributed by atoms with van der Waals surface area (Å²) in [7, 11) is 1.84. The Morgan fingerprint density at radius 3 is 2.71 bits per heavy atom. The molecule has 2 heterocycles. The van der Waals surface area contributed by atoms with Gasteiger partial charge >= 0.3 is 0 Å². The fourth-order valence-electron chi connectivity index (χ4n) is 1.35. The van der Waals surface area contributed by atoms with Gasteiger partial charge in [-0.25, -0.2) is 5.10 Å². The Hall–Kier alpha value is -1.63. The van der Waals surface area contributed by atoms with Crippen molar-refractivity contribution < 1.29 is 0 Å². The maximum Gasteiger partial charge on any atom is 0.225 e.